The molecule has 24 heavy (non-hydrogen) atoms. The molecule has 3 rings (SSSR count). The van der Waals surface area contributed by atoms with E-state index in [-0.39, 0.29) is 0 Å². The predicted molar refractivity (Wildman–Crippen MR) is 94.2 cm³/mol. The third-order valence-electron chi connectivity index (χ3n) is 3.91. The average Bonchev–Trinajstić information content (AvgIpc) is 3.02. The Morgan fingerprint density at radius 1 is 1.17 bits per heavy atom. The summed E-state index contributed by atoms with van der Waals surface area (Å²) >= 11 is 0. The molecule has 4 heteroatoms. The van der Waals surface area contributed by atoms with E-state index in [0.29, 0.717) is 22.4 Å². The summed E-state index contributed by atoms with van der Waals surface area (Å²) in [7, 11) is 1.57. The maximum atomic E-state index is 9.64. The SMILES string of the molecule is COc1ccc(C#N)cc1/C=C(\C#N)c1c[nH]c2ccc(C)cc12. The number of allylic oxidation sites excluding steroid dienone is 1. The molecule has 0 amide bonds. The van der Waals surface area contributed by atoms with Crippen LogP contribution in [-0.2, 0) is 0 Å². The summed E-state index contributed by atoms with van der Waals surface area (Å²) in [6.07, 6.45) is 3.59. The number of nitrogens with one attached hydrogen (secondary N) is 1. The zero-order valence-corrected chi connectivity index (χ0v) is 13.4. The first-order valence-electron chi connectivity index (χ1n) is 7.44. The van der Waals surface area contributed by atoms with Crippen molar-refractivity contribution in [2.75, 3.05) is 7.11 Å². The number of fused-ring (bicyclic) bond motifs is 1. The van der Waals surface area contributed by atoms with E-state index in [0.717, 1.165) is 22.0 Å². The number of nitrogens with zero attached hydrogens (tertiary/aromatic N) is 2. The largest absolute Gasteiger partial charge is 0.496 e. The van der Waals surface area contributed by atoms with Crippen molar-refractivity contribution < 1.29 is 4.74 Å². The predicted octanol–water partition coefficient (Wildman–Crippen LogP) is 4.42. The molecular formula is C20H15N3O. The standard InChI is InChI=1S/C20H15N3O/c1-13-3-5-19-17(7-13)18(12-23-19)16(11-22)9-15-8-14(10-21)4-6-20(15)24-2/h3-9,12,23H,1-2H3/b16-9+. The molecule has 0 fully saturated rings. The number of ether oxygens (including phenoxy) is 1. The minimum Gasteiger partial charge on any atom is -0.496 e. The van der Waals surface area contributed by atoms with Crippen LogP contribution in [-0.4, -0.2) is 12.1 Å². The van der Waals surface area contributed by atoms with Crippen LogP contribution in [0.15, 0.2) is 42.6 Å². The Morgan fingerprint density at radius 3 is 2.71 bits per heavy atom. The minimum absolute atomic E-state index is 0.514. The molecule has 1 N–H and O–H groups in total. The lowest BCUT2D eigenvalue weighted by Crippen LogP contribution is -1.89. The van der Waals surface area contributed by atoms with E-state index in [1.165, 1.54) is 0 Å². The Kier molecular flexibility index (Phi) is 4.05. The molecule has 0 saturated carbocycles. The van der Waals surface area contributed by atoms with Gasteiger partial charge in [-0.3, -0.25) is 0 Å². The van der Waals surface area contributed by atoms with Gasteiger partial charge < -0.3 is 9.72 Å². The van der Waals surface area contributed by atoms with Gasteiger partial charge in [0.2, 0.25) is 0 Å². The molecule has 2 aromatic carbocycles. The third-order valence-corrected chi connectivity index (χ3v) is 3.91. The molecule has 0 bridgehead atoms. The summed E-state index contributed by atoms with van der Waals surface area (Å²) in [5, 5.41) is 19.7. The van der Waals surface area contributed by atoms with E-state index >= 15 is 0 Å². The number of H-pyrrole nitrogens is 1. The number of aromatic amines is 1. The zero-order chi connectivity index (χ0) is 17.1. The highest BCUT2D eigenvalue weighted by atomic mass is 16.5. The molecule has 4 nitrogen and oxygen atoms in total. The first-order valence-corrected chi connectivity index (χ1v) is 7.44. The van der Waals surface area contributed by atoms with Crippen LogP contribution in [0.5, 0.6) is 5.75 Å². The summed E-state index contributed by atoms with van der Waals surface area (Å²) in [6, 6.07) is 15.6. The van der Waals surface area contributed by atoms with Crippen LogP contribution in [0.4, 0.5) is 0 Å². The van der Waals surface area contributed by atoms with Crippen molar-refractivity contribution in [1.29, 1.82) is 10.5 Å². The Balaban J connectivity index is 2.19. The second kappa shape index (κ2) is 6.32. The molecule has 3 aromatic rings. The molecule has 0 radical (unpaired) electrons. The molecule has 0 aliphatic heterocycles. The van der Waals surface area contributed by atoms with Crippen molar-refractivity contribution >= 4 is 22.6 Å². The van der Waals surface area contributed by atoms with E-state index in [1.807, 2.05) is 25.3 Å². The Labute approximate surface area is 140 Å². The van der Waals surface area contributed by atoms with Gasteiger partial charge in [0.1, 0.15) is 5.75 Å². The number of hydrogen-bond donors (Lipinski definition) is 1. The highest BCUT2D eigenvalue weighted by Crippen LogP contribution is 2.30. The van der Waals surface area contributed by atoms with Gasteiger partial charge >= 0.3 is 0 Å². The van der Waals surface area contributed by atoms with Crippen LogP contribution in [0, 0.1) is 29.6 Å². The highest BCUT2D eigenvalue weighted by molar-refractivity contribution is 6.01. The lowest BCUT2D eigenvalue weighted by atomic mass is 10.0. The molecule has 0 unspecified atom stereocenters. The Hall–Kier alpha value is -3.50. The second-order valence-corrected chi connectivity index (χ2v) is 5.49. The molecule has 0 atom stereocenters. The molecule has 0 aliphatic rings. The van der Waals surface area contributed by atoms with Gasteiger partial charge in [0.05, 0.1) is 30.4 Å². The normalized spacial score (nSPS) is 11.1. The van der Waals surface area contributed by atoms with E-state index in [1.54, 1.807) is 31.4 Å². The van der Waals surface area contributed by atoms with Gasteiger partial charge in [-0.15, -0.1) is 0 Å². The third kappa shape index (κ3) is 2.74. The molecule has 1 aromatic heterocycles. The number of aryl methyl sites for hydroxylation is 1. The van der Waals surface area contributed by atoms with Crippen molar-refractivity contribution in [3.8, 4) is 17.9 Å². The van der Waals surface area contributed by atoms with Gasteiger partial charge in [-0.2, -0.15) is 10.5 Å². The number of methoxy groups -OCH3 is 1. The van der Waals surface area contributed by atoms with Crippen molar-refractivity contribution in [3.05, 3.63) is 64.8 Å². The molecule has 116 valence electrons. The van der Waals surface area contributed by atoms with Crippen molar-refractivity contribution in [3.63, 3.8) is 0 Å². The number of rotatable bonds is 3. The fourth-order valence-corrected chi connectivity index (χ4v) is 2.70. The summed E-state index contributed by atoms with van der Waals surface area (Å²) in [5.74, 6) is 0.623. The van der Waals surface area contributed by atoms with Gasteiger partial charge in [-0.25, -0.2) is 0 Å². The van der Waals surface area contributed by atoms with Gasteiger partial charge in [0.25, 0.3) is 0 Å². The maximum Gasteiger partial charge on any atom is 0.126 e. The summed E-state index contributed by atoms with van der Waals surface area (Å²) in [4.78, 5) is 3.19. The van der Waals surface area contributed by atoms with Gasteiger partial charge in [-0.1, -0.05) is 11.6 Å². The van der Waals surface area contributed by atoms with Crippen molar-refractivity contribution in [1.82, 2.24) is 4.98 Å². The Bertz CT molecular complexity index is 1030. The van der Waals surface area contributed by atoms with Crippen LogP contribution in [0.1, 0.15) is 22.3 Å². The van der Waals surface area contributed by atoms with E-state index in [2.05, 4.69) is 23.2 Å². The molecule has 0 saturated heterocycles. The van der Waals surface area contributed by atoms with E-state index in [9.17, 15) is 5.26 Å². The molecular weight excluding hydrogens is 298 g/mol. The van der Waals surface area contributed by atoms with Gasteiger partial charge in [-0.05, 0) is 43.3 Å². The van der Waals surface area contributed by atoms with E-state index in [4.69, 9.17) is 10.00 Å². The van der Waals surface area contributed by atoms with Crippen LogP contribution < -0.4 is 4.74 Å². The van der Waals surface area contributed by atoms with Crippen molar-refractivity contribution in [2.45, 2.75) is 6.92 Å². The fraction of sp³-hybridized carbons (Fsp3) is 0.100. The number of benzene rings is 2. The van der Waals surface area contributed by atoms with Gasteiger partial charge in [0, 0.05) is 28.2 Å². The lowest BCUT2D eigenvalue weighted by molar-refractivity contribution is 0.414. The zero-order valence-electron chi connectivity index (χ0n) is 13.4. The monoisotopic (exact) mass is 313 g/mol. The second-order valence-electron chi connectivity index (χ2n) is 5.49. The summed E-state index contributed by atoms with van der Waals surface area (Å²) < 4.78 is 5.34. The van der Waals surface area contributed by atoms with Gasteiger partial charge in [0.15, 0.2) is 0 Å². The maximum absolute atomic E-state index is 9.64. The van der Waals surface area contributed by atoms with Crippen LogP contribution in [0.3, 0.4) is 0 Å². The lowest BCUT2D eigenvalue weighted by Gasteiger charge is -2.06. The molecule has 1 heterocycles. The minimum atomic E-state index is 0.514. The first-order chi connectivity index (χ1) is 11.7. The van der Waals surface area contributed by atoms with Crippen molar-refractivity contribution in [2.24, 2.45) is 0 Å². The van der Waals surface area contributed by atoms with Crippen LogP contribution >= 0.6 is 0 Å². The first kappa shape index (κ1) is 15.4. The molecule has 0 aliphatic carbocycles. The Morgan fingerprint density at radius 2 is 2.00 bits per heavy atom. The number of nitriles is 2. The van der Waals surface area contributed by atoms with E-state index < -0.39 is 0 Å². The smallest absolute Gasteiger partial charge is 0.126 e. The summed E-state index contributed by atoms with van der Waals surface area (Å²) in [5.41, 5.74) is 4.68. The topological polar surface area (TPSA) is 72.6 Å². The number of aromatic nitrogens is 1. The fourth-order valence-electron chi connectivity index (χ4n) is 2.70. The highest BCUT2D eigenvalue weighted by Gasteiger charge is 2.11. The average molecular weight is 313 g/mol. The quantitative estimate of drug-likeness (QED) is 0.727. The summed E-state index contributed by atoms with van der Waals surface area (Å²) in [6.45, 7) is 2.02. The van der Waals surface area contributed by atoms with Crippen LogP contribution in [0.2, 0.25) is 0 Å². The van der Waals surface area contributed by atoms with Crippen LogP contribution in [0.25, 0.3) is 22.6 Å². The number of hydrogen-bond acceptors (Lipinski definition) is 3. The molecule has 0 spiro atoms.